The van der Waals surface area contributed by atoms with Gasteiger partial charge in [0.15, 0.2) is 5.78 Å². The van der Waals surface area contributed by atoms with E-state index < -0.39 is 0 Å². The zero-order valence-electron chi connectivity index (χ0n) is 7.93. The van der Waals surface area contributed by atoms with E-state index in [0.29, 0.717) is 17.5 Å². The lowest BCUT2D eigenvalue weighted by Gasteiger charge is -2.00. The van der Waals surface area contributed by atoms with Gasteiger partial charge in [-0.15, -0.1) is 0 Å². The molecule has 1 aromatic carbocycles. The first-order valence-electron chi connectivity index (χ1n) is 4.44. The van der Waals surface area contributed by atoms with E-state index in [-0.39, 0.29) is 11.6 Å². The smallest absolute Gasteiger partial charge is 0.162 e. The van der Waals surface area contributed by atoms with Crippen LogP contribution in [0.15, 0.2) is 18.2 Å². The Labute approximate surface area is 77.6 Å². The molecule has 2 heteroatoms. The maximum absolute atomic E-state index is 13.0. The van der Waals surface area contributed by atoms with E-state index in [9.17, 15) is 9.18 Å². The van der Waals surface area contributed by atoms with Crippen molar-refractivity contribution in [1.29, 1.82) is 0 Å². The largest absolute Gasteiger partial charge is 0.294 e. The molecule has 0 saturated heterocycles. The van der Waals surface area contributed by atoms with Gasteiger partial charge >= 0.3 is 0 Å². The van der Waals surface area contributed by atoms with Gasteiger partial charge in [-0.25, -0.2) is 4.39 Å². The van der Waals surface area contributed by atoms with Crippen molar-refractivity contribution < 1.29 is 9.18 Å². The summed E-state index contributed by atoms with van der Waals surface area (Å²) < 4.78 is 13.0. The maximum Gasteiger partial charge on any atom is 0.162 e. The molecule has 0 spiro atoms. The van der Waals surface area contributed by atoms with Crippen molar-refractivity contribution in [3.63, 3.8) is 0 Å². The molecule has 70 valence electrons. The van der Waals surface area contributed by atoms with E-state index in [4.69, 9.17) is 0 Å². The summed E-state index contributed by atoms with van der Waals surface area (Å²) in [4.78, 5) is 11.3. The van der Waals surface area contributed by atoms with Crippen LogP contribution in [0.2, 0.25) is 0 Å². The molecule has 0 amide bonds. The highest BCUT2D eigenvalue weighted by Crippen LogP contribution is 2.11. The number of hydrogen-bond donors (Lipinski definition) is 0. The zero-order chi connectivity index (χ0) is 9.84. The van der Waals surface area contributed by atoms with Crippen LogP contribution in [0.5, 0.6) is 0 Å². The lowest BCUT2D eigenvalue weighted by Crippen LogP contribution is -1.99. The number of aryl methyl sites for hydroxylation is 1. The van der Waals surface area contributed by atoms with Gasteiger partial charge < -0.3 is 0 Å². The fraction of sp³-hybridized carbons (Fsp3) is 0.364. The number of carbonyl (C=O) groups excluding carboxylic acids is 1. The van der Waals surface area contributed by atoms with Crippen molar-refractivity contribution in [2.24, 2.45) is 0 Å². The summed E-state index contributed by atoms with van der Waals surface area (Å²) >= 11 is 0. The molecule has 13 heavy (non-hydrogen) atoms. The topological polar surface area (TPSA) is 17.1 Å². The summed E-state index contributed by atoms with van der Waals surface area (Å²) in [5.74, 6) is -0.289. The molecule has 0 atom stereocenters. The summed E-state index contributed by atoms with van der Waals surface area (Å²) in [5, 5.41) is 0. The Morgan fingerprint density at radius 1 is 1.46 bits per heavy atom. The number of Topliss-reactive ketones (excluding diaryl/α,β-unsaturated/α-hetero) is 1. The van der Waals surface area contributed by atoms with Gasteiger partial charge in [-0.05, 0) is 25.0 Å². The minimum atomic E-state index is -0.304. The predicted octanol–water partition coefficient (Wildman–Crippen LogP) is 3.12. The predicted molar refractivity (Wildman–Crippen MR) is 50.4 cm³/mol. The van der Waals surface area contributed by atoms with Gasteiger partial charge in [0.25, 0.3) is 0 Å². The molecular formula is C11H13FO. The van der Waals surface area contributed by atoms with Gasteiger partial charge in [0.05, 0.1) is 0 Å². The molecular weight excluding hydrogens is 167 g/mol. The fourth-order valence-corrected chi connectivity index (χ4v) is 1.14. The van der Waals surface area contributed by atoms with Gasteiger partial charge in [0.1, 0.15) is 5.82 Å². The number of benzene rings is 1. The van der Waals surface area contributed by atoms with Crippen LogP contribution >= 0.6 is 0 Å². The van der Waals surface area contributed by atoms with E-state index in [0.717, 1.165) is 6.42 Å². The molecule has 0 radical (unpaired) electrons. The van der Waals surface area contributed by atoms with E-state index >= 15 is 0 Å². The van der Waals surface area contributed by atoms with Crippen molar-refractivity contribution >= 4 is 5.78 Å². The van der Waals surface area contributed by atoms with Crippen molar-refractivity contribution in [1.82, 2.24) is 0 Å². The third kappa shape index (κ3) is 2.38. The Morgan fingerprint density at radius 3 is 2.69 bits per heavy atom. The van der Waals surface area contributed by atoms with Gasteiger partial charge in [0, 0.05) is 12.0 Å². The Balaban J connectivity index is 2.90. The molecule has 1 nitrogen and oxygen atoms in total. The third-order valence-corrected chi connectivity index (χ3v) is 1.97. The molecule has 0 heterocycles. The number of hydrogen-bond acceptors (Lipinski definition) is 1. The fourth-order valence-electron chi connectivity index (χ4n) is 1.14. The molecule has 1 aromatic rings. The normalized spacial score (nSPS) is 10.1. The van der Waals surface area contributed by atoms with Crippen LogP contribution < -0.4 is 0 Å². The molecule has 0 aromatic heterocycles. The van der Waals surface area contributed by atoms with Crippen LogP contribution in [-0.2, 0) is 0 Å². The van der Waals surface area contributed by atoms with E-state index in [1.54, 1.807) is 19.1 Å². The van der Waals surface area contributed by atoms with Crippen molar-refractivity contribution in [2.75, 3.05) is 0 Å². The number of rotatable bonds is 3. The van der Waals surface area contributed by atoms with Crippen LogP contribution in [0, 0.1) is 12.7 Å². The van der Waals surface area contributed by atoms with Crippen molar-refractivity contribution in [3.8, 4) is 0 Å². The van der Waals surface area contributed by atoms with Crippen LogP contribution in [0.25, 0.3) is 0 Å². The monoisotopic (exact) mass is 180 g/mol. The van der Waals surface area contributed by atoms with Crippen LogP contribution in [0.1, 0.15) is 35.7 Å². The number of halogens is 1. The van der Waals surface area contributed by atoms with Gasteiger partial charge in [-0.1, -0.05) is 19.1 Å². The Bertz CT molecular complexity index is 318. The summed E-state index contributed by atoms with van der Waals surface area (Å²) in [5.41, 5.74) is 1.05. The zero-order valence-corrected chi connectivity index (χ0v) is 7.93. The first-order chi connectivity index (χ1) is 6.15. The Kier molecular flexibility index (Phi) is 3.18. The van der Waals surface area contributed by atoms with E-state index in [1.165, 1.54) is 6.07 Å². The summed E-state index contributed by atoms with van der Waals surface area (Å²) in [7, 11) is 0. The maximum atomic E-state index is 13.0. The van der Waals surface area contributed by atoms with Gasteiger partial charge in [-0.2, -0.15) is 0 Å². The standard InChI is InChI=1S/C11H13FO/c1-3-4-11(13)9-6-5-8(2)10(12)7-9/h5-7H,3-4H2,1-2H3. The van der Waals surface area contributed by atoms with E-state index in [1.807, 2.05) is 6.92 Å². The highest BCUT2D eigenvalue weighted by Gasteiger charge is 2.06. The quantitative estimate of drug-likeness (QED) is 0.653. The molecule has 0 N–H and O–H groups in total. The minimum absolute atomic E-state index is 0.0152. The second-order valence-corrected chi connectivity index (χ2v) is 3.14. The highest BCUT2D eigenvalue weighted by atomic mass is 19.1. The number of ketones is 1. The molecule has 0 aliphatic carbocycles. The molecule has 0 aliphatic rings. The molecule has 1 rings (SSSR count). The highest BCUT2D eigenvalue weighted by molar-refractivity contribution is 5.96. The summed E-state index contributed by atoms with van der Waals surface area (Å²) in [6.07, 6.45) is 1.29. The lowest BCUT2D eigenvalue weighted by molar-refractivity contribution is 0.0981. The number of carbonyl (C=O) groups is 1. The average Bonchev–Trinajstić information content (AvgIpc) is 2.10. The summed E-state index contributed by atoms with van der Waals surface area (Å²) in [6.45, 7) is 3.62. The van der Waals surface area contributed by atoms with Gasteiger partial charge in [0.2, 0.25) is 0 Å². The van der Waals surface area contributed by atoms with Crippen LogP contribution in [0.4, 0.5) is 4.39 Å². The molecule has 0 saturated carbocycles. The first-order valence-corrected chi connectivity index (χ1v) is 4.44. The first kappa shape index (κ1) is 9.90. The molecule has 0 aliphatic heterocycles. The molecule has 0 unspecified atom stereocenters. The molecule has 0 bridgehead atoms. The Hall–Kier alpha value is -1.18. The average molecular weight is 180 g/mol. The third-order valence-electron chi connectivity index (χ3n) is 1.97. The summed E-state index contributed by atoms with van der Waals surface area (Å²) in [6, 6.07) is 4.63. The van der Waals surface area contributed by atoms with Crippen molar-refractivity contribution in [2.45, 2.75) is 26.7 Å². The Morgan fingerprint density at radius 2 is 2.15 bits per heavy atom. The lowest BCUT2D eigenvalue weighted by atomic mass is 10.1. The van der Waals surface area contributed by atoms with Crippen molar-refractivity contribution in [3.05, 3.63) is 35.1 Å². The van der Waals surface area contributed by atoms with Gasteiger partial charge in [-0.3, -0.25) is 4.79 Å². The van der Waals surface area contributed by atoms with E-state index in [2.05, 4.69) is 0 Å². The minimum Gasteiger partial charge on any atom is -0.294 e. The second kappa shape index (κ2) is 4.17. The second-order valence-electron chi connectivity index (χ2n) is 3.14. The van der Waals surface area contributed by atoms with Crippen LogP contribution in [0.3, 0.4) is 0 Å². The van der Waals surface area contributed by atoms with Crippen LogP contribution in [-0.4, -0.2) is 5.78 Å². The SMILES string of the molecule is CCCC(=O)c1ccc(C)c(F)c1. The molecule has 0 fully saturated rings.